The Balaban J connectivity index is 1.79. The molecule has 1 saturated heterocycles. The van der Waals surface area contributed by atoms with Gasteiger partial charge in [-0.15, -0.1) is 0 Å². The maximum atomic E-state index is 12.3. The first-order chi connectivity index (χ1) is 12.6. The van der Waals surface area contributed by atoms with E-state index >= 15 is 0 Å². The fraction of sp³-hybridized carbons (Fsp3) is 0.263. The predicted molar refractivity (Wildman–Crippen MR) is 99.5 cm³/mol. The first kappa shape index (κ1) is 16.7. The average Bonchev–Trinajstić information content (AvgIpc) is 3.15. The topological polar surface area (TPSA) is 71.7 Å². The molecule has 4 rings (SSSR count). The van der Waals surface area contributed by atoms with Gasteiger partial charge < -0.3 is 4.57 Å². The molecule has 2 aromatic carbocycles. The molecule has 3 aromatic rings. The molecule has 0 aliphatic carbocycles. The minimum Gasteiger partial charge on any atom is -0.317 e. The molecular weight excluding hydrogens is 350 g/mol. The number of hydrogen-bond donors (Lipinski definition) is 0. The lowest BCUT2D eigenvalue weighted by molar-refractivity contribution is -0.141. The number of aromatic nitrogens is 1. The molecule has 0 bridgehead atoms. The number of benzene rings is 2. The number of thiazole rings is 1. The summed E-state index contributed by atoms with van der Waals surface area (Å²) in [7, 11) is 0. The summed E-state index contributed by atoms with van der Waals surface area (Å²) in [5.41, 5.74) is 1.02. The van der Waals surface area contributed by atoms with Gasteiger partial charge in [-0.2, -0.15) is 4.99 Å². The maximum Gasteiger partial charge on any atom is 0.268 e. The number of likely N-dealkylation sites (tertiary alicyclic amines) is 1. The van der Waals surface area contributed by atoms with Crippen LogP contribution in [0.25, 0.3) is 21.0 Å². The summed E-state index contributed by atoms with van der Waals surface area (Å²) >= 11 is 1.45. The van der Waals surface area contributed by atoms with Crippen molar-refractivity contribution in [2.24, 2.45) is 4.99 Å². The summed E-state index contributed by atoms with van der Waals surface area (Å²) in [6.45, 7) is 2.39. The third kappa shape index (κ3) is 2.74. The molecule has 1 aliphatic rings. The maximum absolute atomic E-state index is 12.3. The standard InChI is InChI=1S/C19H17N3O3S/c1-2-21-14-8-7-12-5-3-4-6-13(12)18(14)26-19(21)20-15(23)11-22-16(24)9-10-17(22)25/h3-8H,2,9-11H2,1H3. The highest BCUT2D eigenvalue weighted by molar-refractivity contribution is 7.17. The van der Waals surface area contributed by atoms with E-state index in [1.54, 1.807) is 0 Å². The predicted octanol–water partition coefficient (Wildman–Crippen LogP) is 2.45. The van der Waals surface area contributed by atoms with E-state index < -0.39 is 5.91 Å². The van der Waals surface area contributed by atoms with Crippen molar-refractivity contribution in [2.45, 2.75) is 26.3 Å². The molecule has 0 unspecified atom stereocenters. The Kier molecular flexibility index (Phi) is 4.16. The van der Waals surface area contributed by atoms with E-state index in [0.717, 1.165) is 25.9 Å². The van der Waals surface area contributed by atoms with Crippen LogP contribution in [0.5, 0.6) is 0 Å². The van der Waals surface area contributed by atoms with Crippen molar-refractivity contribution < 1.29 is 14.4 Å². The molecule has 26 heavy (non-hydrogen) atoms. The number of rotatable bonds is 3. The average molecular weight is 367 g/mol. The summed E-state index contributed by atoms with van der Waals surface area (Å²) in [6.07, 6.45) is 0.353. The Morgan fingerprint density at radius 2 is 1.85 bits per heavy atom. The van der Waals surface area contributed by atoms with Crippen molar-refractivity contribution in [1.29, 1.82) is 0 Å². The molecule has 3 amide bonds. The summed E-state index contributed by atoms with van der Waals surface area (Å²) in [5.74, 6) is -1.08. The lowest BCUT2D eigenvalue weighted by Gasteiger charge is -2.10. The van der Waals surface area contributed by atoms with Crippen LogP contribution in [0.2, 0.25) is 0 Å². The molecule has 7 heteroatoms. The zero-order valence-electron chi connectivity index (χ0n) is 14.3. The molecule has 0 radical (unpaired) electrons. The fourth-order valence-corrected chi connectivity index (χ4v) is 4.51. The number of carbonyl (C=O) groups excluding carboxylic acids is 3. The highest BCUT2D eigenvalue weighted by Gasteiger charge is 2.30. The number of hydrogen-bond acceptors (Lipinski definition) is 4. The largest absolute Gasteiger partial charge is 0.317 e. The van der Waals surface area contributed by atoms with Gasteiger partial charge in [0.15, 0.2) is 4.80 Å². The number of fused-ring (bicyclic) bond motifs is 3. The van der Waals surface area contributed by atoms with Gasteiger partial charge in [0.2, 0.25) is 11.8 Å². The molecule has 0 N–H and O–H groups in total. The van der Waals surface area contributed by atoms with Gasteiger partial charge in [-0.05, 0) is 18.4 Å². The van der Waals surface area contributed by atoms with E-state index in [1.165, 1.54) is 11.3 Å². The SMILES string of the molecule is CCn1c(=NC(=O)CN2C(=O)CCC2=O)sc2c3ccccc3ccc21. The van der Waals surface area contributed by atoms with Crippen LogP contribution < -0.4 is 4.80 Å². The van der Waals surface area contributed by atoms with Gasteiger partial charge in [0.1, 0.15) is 6.54 Å². The third-order valence-electron chi connectivity index (χ3n) is 4.56. The number of carbonyl (C=O) groups is 3. The van der Waals surface area contributed by atoms with Gasteiger partial charge in [-0.25, -0.2) is 0 Å². The van der Waals surface area contributed by atoms with E-state index in [2.05, 4.69) is 23.2 Å². The van der Waals surface area contributed by atoms with Crippen LogP contribution in [0.1, 0.15) is 19.8 Å². The second kappa shape index (κ2) is 6.49. The lowest BCUT2D eigenvalue weighted by Crippen LogP contribution is -2.34. The van der Waals surface area contributed by atoms with Crippen LogP contribution >= 0.6 is 11.3 Å². The molecule has 1 aromatic heterocycles. The van der Waals surface area contributed by atoms with E-state index in [-0.39, 0.29) is 31.2 Å². The van der Waals surface area contributed by atoms with Crippen molar-refractivity contribution in [3.8, 4) is 0 Å². The summed E-state index contributed by atoms with van der Waals surface area (Å²) in [4.78, 5) is 41.5. The van der Waals surface area contributed by atoms with Gasteiger partial charge in [0.05, 0.1) is 10.2 Å². The van der Waals surface area contributed by atoms with Gasteiger partial charge >= 0.3 is 0 Å². The lowest BCUT2D eigenvalue weighted by atomic mass is 10.1. The van der Waals surface area contributed by atoms with Crippen molar-refractivity contribution in [1.82, 2.24) is 9.47 Å². The fourth-order valence-electron chi connectivity index (χ4n) is 3.27. The summed E-state index contributed by atoms with van der Waals surface area (Å²) < 4.78 is 3.06. The monoisotopic (exact) mass is 367 g/mol. The van der Waals surface area contributed by atoms with Crippen LogP contribution in [0, 0.1) is 0 Å². The summed E-state index contributed by atoms with van der Waals surface area (Å²) in [6, 6.07) is 12.2. The molecular formula is C19H17N3O3S. The number of aryl methyl sites for hydroxylation is 1. The van der Waals surface area contributed by atoms with Crippen molar-refractivity contribution in [3.05, 3.63) is 41.2 Å². The van der Waals surface area contributed by atoms with Crippen LogP contribution in [-0.4, -0.2) is 33.7 Å². The van der Waals surface area contributed by atoms with E-state index in [1.807, 2.05) is 29.7 Å². The van der Waals surface area contributed by atoms with Crippen LogP contribution in [0.4, 0.5) is 0 Å². The van der Waals surface area contributed by atoms with Gasteiger partial charge in [0.25, 0.3) is 5.91 Å². The van der Waals surface area contributed by atoms with Gasteiger partial charge in [-0.1, -0.05) is 41.7 Å². The molecule has 0 saturated carbocycles. The van der Waals surface area contributed by atoms with E-state index in [9.17, 15) is 14.4 Å². The quantitative estimate of drug-likeness (QED) is 0.668. The van der Waals surface area contributed by atoms with Crippen molar-refractivity contribution in [3.63, 3.8) is 0 Å². The molecule has 0 atom stereocenters. The van der Waals surface area contributed by atoms with Gasteiger partial charge in [-0.3, -0.25) is 19.3 Å². The molecule has 0 spiro atoms. The Bertz CT molecular complexity index is 1110. The molecule has 6 nitrogen and oxygen atoms in total. The first-order valence-electron chi connectivity index (χ1n) is 8.50. The van der Waals surface area contributed by atoms with Crippen LogP contribution in [-0.2, 0) is 20.9 Å². The zero-order valence-corrected chi connectivity index (χ0v) is 15.1. The number of nitrogens with zero attached hydrogens (tertiary/aromatic N) is 3. The Labute approximate surface area is 153 Å². The smallest absolute Gasteiger partial charge is 0.268 e. The molecule has 1 fully saturated rings. The molecule has 1 aliphatic heterocycles. The number of imide groups is 1. The normalized spacial score (nSPS) is 15.6. The Hall–Kier alpha value is -2.80. The van der Waals surface area contributed by atoms with Crippen LogP contribution in [0.15, 0.2) is 41.4 Å². The van der Waals surface area contributed by atoms with E-state index in [0.29, 0.717) is 11.3 Å². The second-order valence-electron chi connectivity index (χ2n) is 6.14. The van der Waals surface area contributed by atoms with Crippen molar-refractivity contribution in [2.75, 3.05) is 6.54 Å². The number of amides is 3. The van der Waals surface area contributed by atoms with E-state index in [4.69, 9.17) is 0 Å². The Morgan fingerprint density at radius 3 is 2.58 bits per heavy atom. The Morgan fingerprint density at radius 1 is 1.12 bits per heavy atom. The molecule has 2 heterocycles. The summed E-state index contributed by atoms with van der Waals surface area (Å²) in [5, 5.41) is 2.26. The highest BCUT2D eigenvalue weighted by atomic mass is 32.1. The second-order valence-corrected chi connectivity index (χ2v) is 7.12. The van der Waals surface area contributed by atoms with Gasteiger partial charge in [0, 0.05) is 24.8 Å². The first-order valence-corrected chi connectivity index (χ1v) is 9.32. The minimum absolute atomic E-state index is 0.177. The third-order valence-corrected chi connectivity index (χ3v) is 5.69. The van der Waals surface area contributed by atoms with Crippen LogP contribution in [0.3, 0.4) is 0 Å². The minimum atomic E-state index is -0.480. The van der Waals surface area contributed by atoms with Crippen molar-refractivity contribution >= 4 is 50.0 Å². The highest BCUT2D eigenvalue weighted by Crippen LogP contribution is 2.27. The zero-order chi connectivity index (χ0) is 18.3. The molecule has 132 valence electrons.